The molecule has 1 saturated carbocycles. The molecule has 0 radical (unpaired) electrons. The first kappa shape index (κ1) is 11.5. The summed E-state index contributed by atoms with van der Waals surface area (Å²) in [4.78, 5) is 18.7. The van der Waals surface area contributed by atoms with Crippen LogP contribution >= 0.6 is 0 Å². The van der Waals surface area contributed by atoms with Crippen molar-refractivity contribution in [3.05, 3.63) is 24.0 Å². The molecule has 1 amide bonds. The highest BCUT2D eigenvalue weighted by molar-refractivity contribution is 5.92. The van der Waals surface area contributed by atoms with Gasteiger partial charge in [-0.2, -0.15) is 0 Å². The molecule has 1 saturated heterocycles. The Labute approximate surface area is 107 Å². The van der Waals surface area contributed by atoms with Crippen LogP contribution in [0.3, 0.4) is 0 Å². The molecule has 3 rings (SSSR count). The summed E-state index contributed by atoms with van der Waals surface area (Å²) in [5, 5.41) is 0. The summed E-state index contributed by atoms with van der Waals surface area (Å²) in [7, 11) is 0. The van der Waals surface area contributed by atoms with E-state index in [4.69, 9.17) is 5.73 Å². The maximum atomic E-state index is 12.5. The van der Waals surface area contributed by atoms with Crippen LogP contribution in [0.5, 0.6) is 0 Å². The Morgan fingerprint density at radius 2 is 2.11 bits per heavy atom. The SMILES string of the molecule is Nc1ccc(C(=O)N2CCCC3CCCC32)nc1. The lowest BCUT2D eigenvalue weighted by atomic mass is 9.91. The number of nitrogen functional groups attached to an aromatic ring is 1. The van der Waals surface area contributed by atoms with Gasteiger partial charge < -0.3 is 10.6 Å². The number of rotatable bonds is 1. The number of nitrogens with two attached hydrogens (primary N) is 1. The molecule has 2 unspecified atom stereocenters. The van der Waals surface area contributed by atoms with Gasteiger partial charge in [-0.05, 0) is 43.7 Å². The molecule has 1 aliphatic carbocycles. The van der Waals surface area contributed by atoms with Crippen LogP contribution in [0, 0.1) is 5.92 Å². The van der Waals surface area contributed by atoms with Crippen molar-refractivity contribution >= 4 is 11.6 Å². The number of piperidine rings is 1. The topological polar surface area (TPSA) is 59.2 Å². The van der Waals surface area contributed by atoms with Crippen molar-refractivity contribution in [3.8, 4) is 0 Å². The van der Waals surface area contributed by atoms with E-state index in [2.05, 4.69) is 4.98 Å². The number of hydrogen-bond acceptors (Lipinski definition) is 3. The lowest BCUT2D eigenvalue weighted by Gasteiger charge is -2.37. The van der Waals surface area contributed by atoms with Crippen LogP contribution in [0.25, 0.3) is 0 Å². The van der Waals surface area contributed by atoms with Crippen LogP contribution < -0.4 is 5.73 Å². The minimum absolute atomic E-state index is 0.0756. The van der Waals surface area contributed by atoms with Crippen molar-refractivity contribution in [1.29, 1.82) is 0 Å². The number of anilines is 1. The van der Waals surface area contributed by atoms with Crippen molar-refractivity contribution in [1.82, 2.24) is 9.88 Å². The Hall–Kier alpha value is -1.58. The molecule has 0 aromatic carbocycles. The second-order valence-electron chi connectivity index (χ2n) is 5.38. The van der Waals surface area contributed by atoms with Gasteiger partial charge >= 0.3 is 0 Å². The maximum Gasteiger partial charge on any atom is 0.272 e. The van der Waals surface area contributed by atoms with Crippen molar-refractivity contribution in [2.24, 2.45) is 5.92 Å². The van der Waals surface area contributed by atoms with Gasteiger partial charge in [-0.15, -0.1) is 0 Å². The highest BCUT2D eigenvalue weighted by atomic mass is 16.2. The van der Waals surface area contributed by atoms with Crippen molar-refractivity contribution in [3.63, 3.8) is 0 Å². The molecule has 2 N–H and O–H groups in total. The van der Waals surface area contributed by atoms with E-state index in [0.29, 0.717) is 17.4 Å². The van der Waals surface area contributed by atoms with Crippen LogP contribution in [0.4, 0.5) is 5.69 Å². The molecular weight excluding hydrogens is 226 g/mol. The highest BCUT2D eigenvalue weighted by Gasteiger charge is 2.37. The van der Waals surface area contributed by atoms with Gasteiger partial charge in [0.05, 0.1) is 11.9 Å². The Morgan fingerprint density at radius 3 is 2.89 bits per heavy atom. The number of aromatic nitrogens is 1. The lowest BCUT2D eigenvalue weighted by molar-refractivity contribution is 0.0542. The maximum absolute atomic E-state index is 12.5. The molecule has 2 heterocycles. The van der Waals surface area contributed by atoms with Crippen LogP contribution in [0.2, 0.25) is 0 Å². The molecule has 0 bridgehead atoms. The molecule has 1 aliphatic heterocycles. The minimum atomic E-state index is 0.0756. The van der Waals surface area contributed by atoms with Gasteiger partial charge in [0, 0.05) is 12.6 Å². The number of carbonyl (C=O) groups excluding carboxylic acids is 1. The first-order valence-electron chi connectivity index (χ1n) is 6.78. The van der Waals surface area contributed by atoms with Crippen LogP contribution in [-0.4, -0.2) is 28.4 Å². The molecule has 4 heteroatoms. The predicted molar refractivity (Wildman–Crippen MR) is 70.0 cm³/mol. The van der Waals surface area contributed by atoms with Gasteiger partial charge in [0.1, 0.15) is 5.69 Å². The molecule has 0 spiro atoms. The normalized spacial score (nSPS) is 27.0. The van der Waals surface area contributed by atoms with Crippen LogP contribution in [0.15, 0.2) is 18.3 Å². The fraction of sp³-hybridized carbons (Fsp3) is 0.571. The van der Waals surface area contributed by atoms with E-state index in [1.165, 1.54) is 19.3 Å². The van der Waals surface area contributed by atoms with Gasteiger partial charge in [0.2, 0.25) is 0 Å². The molecule has 1 aromatic rings. The molecule has 2 fully saturated rings. The first-order valence-corrected chi connectivity index (χ1v) is 6.78. The zero-order valence-electron chi connectivity index (χ0n) is 10.5. The Morgan fingerprint density at radius 1 is 1.28 bits per heavy atom. The van der Waals surface area contributed by atoms with Gasteiger partial charge in [-0.3, -0.25) is 4.79 Å². The smallest absolute Gasteiger partial charge is 0.272 e. The van der Waals surface area contributed by atoms with Gasteiger partial charge in [-0.25, -0.2) is 4.98 Å². The fourth-order valence-electron chi connectivity index (χ4n) is 3.39. The zero-order chi connectivity index (χ0) is 12.5. The van der Waals surface area contributed by atoms with E-state index < -0.39 is 0 Å². The van der Waals surface area contributed by atoms with E-state index in [1.54, 1.807) is 18.3 Å². The van der Waals surface area contributed by atoms with Crippen LogP contribution in [0.1, 0.15) is 42.6 Å². The quantitative estimate of drug-likeness (QED) is 0.824. The number of amides is 1. The average molecular weight is 245 g/mol. The summed E-state index contributed by atoms with van der Waals surface area (Å²) in [6.45, 7) is 0.881. The molecule has 1 aromatic heterocycles. The van der Waals surface area contributed by atoms with E-state index in [1.807, 2.05) is 4.90 Å². The predicted octanol–water partition coefficient (Wildman–Crippen LogP) is 2.07. The number of likely N-dealkylation sites (tertiary alicyclic amines) is 1. The molecule has 96 valence electrons. The third-order valence-corrected chi connectivity index (χ3v) is 4.26. The summed E-state index contributed by atoms with van der Waals surface area (Å²) in [5.41, 5.74) is 6.73. The fourth-order valence-corrected chi connectivity index (χ4v) is 3.39. The lowest BCUT2D eigenvalue weighted by Crippen LogP contribution is -2.46. The first-order chi connectivity index (χ1) is 8.75. The van der Waals surface area contributed by atoms with Crippen molar-refractivity contribution in [2.75, 3.05) is 12.3 Å². The van der Waals surface area contributed by atoms with E-state index in [9.17, 15) is 4.79 Å². The second kappa shape index (κ2) is 4.59. The van der Waals surface area contributed by atoms with Gasteiger partial charge in [0.25, 0.3) is 5.91 Å². The Kier molecular flexibility index (Phi) is 2.94. The number of hydrogen-bond donors (Lipinski definition) is 1. The highest BCUT2D eigenvalue weighted by Crippen LogP contribution is 2.37. The van der Waals surface area contributed by atoms with Crippen LogP contribution in [-0.2, 0) is 0 Å². The van der Waals surface area contributed by atoms with E-state index in [-0.39, 0.29) is 5.91 Å². The standard InChI is InChI=1S/C14H19N3O/c15-11-6-7-12(16-9-11)14(18)17-8-2-4-10-3-1-5-13(10)17/h6-7,9-10,13H,1-5,8,15H2. The third-order valence-electron chi connectivity index (χ3n) is 4.26. The Bertz CT molecular complexity index is 443. The number of pyridine rings is 1. The van der Waals surface area contributed by atoms with E-state index in [0.717, 1.165) is 25.3 Å². The number of nitrogens with zero attached hydrogens (tertiary/aromatic N) is 2. The summed E-state index contributed by atoms with van der Waals surface area (Å²) in [6, 6.07) is 3.93. The number of fused-ring (bicyclic) bond motifs is 1. The summed E-state index contributed by atoms with van der Waals surface area (Å²) in [6.07, 6.45) is 7.66. The second-order valence-corrected chi connectivity index (χ2v) is 5.38. The monoisotopic (exact) mass is 245 g/mol. The summed E-state index contributed by atoms with van der Waals surface area (Å²) < 4.78 is 0. The summed E-state index contributed by atoms with van der Waals surface area (Å²) in [5.74, 6) is 0.795. The molecule has 2 aliphatic rings. The van der Waals surface area contributed by atoms with Crippen molar-refractivity contribution < 1.29 is 4.79 Å². The third kappa shape index (κ3) is 1.96. The number of carbonyl (C=O) groups is 1. The molecule has 4 nitrogen and oxygen atoms in total. The average Bonchev–Trinajstić information content (AvgIpc) is 2.87. The van der Waals surface area contributed by atoms with E-state index >= 15 is 0 Å². The molecule has 2 atom stereocenters. The largest absolute Gasteiger partial charge is 0.397 e. The van der Waals surface area contributed by atoms with Gasteiger partial charge in [-0.1, -0.05) is 6.42 Å². The summed E-state index contributed by atoms with van der Waals surface area (Å²) >= 11 is 0. The Balaban J connectivity index is 1.81. The molecular formula is C14H19N3O. The van der Waals surface area contributed by atoms with Gasteiger partial charge in [0.15, 0.2) is 0 Å². The zero-order valence-corrected chi connectivity index (χ0v) is 10.5. The molecule has 18 heavy (non-hydrogen) atoms. The van der Waals surface area contributed by atoms with Crippen molar-refractivity contribution in [2.45, 2.75) is 38.1 Å². The minimum Gasteiger partial charge on any atom is -0.397 e.